The number of pyridine rings is 1. The first-order valence-electron chi connectivity index (χ1n) is 7.91. The molecular formula is C15H22N4O3. The number of nitrogens with one attached hydrogen (secondary N) is 1. The van der Waals surface area contributed by atoms with Crippen LogP contribution in [0, 0.1) is 16.0 Å². The highest BCUT2D eigenvalue weighted by Gasteiger charge is 2.32. The predicted molar refractivity (Wildman–Crippen MR) is 82.9 cm³/mol. The molecule has 2 saturated heterocycles. The fourth-order valence-corrected chi connectivity index (χ4v) is 3.40. The number of hydrogen-bond donors (Lipinski definition) is 1. The molecule has 2 aliphatic rings. The molecule has 2 fully saturated rings. The Kier molecular flexibility index (Phi) is 4.84. The smallest absolute Gasteiger partial charge is 0.311 e. The van der Waals surface area contributed by atoms with E-state index in [1.54, 1.807) is 12.3 Å². The molecule has 0 aliphatic carbocycles. The van der Waals surface area contributed by atoms with E-state index in [0.717, 1.165) is 32.7 Å². The number of aromatic nitrogens is 1. The lowest BCUT2D eigenvalue weighted by atomic mass is 9.97. The standard InChI is InChI=1S/C15H22N4O3/c20-19(21)13-4-3-6-16-15(13)17-10-14(12-5-9-22-11-12)18-7-1-2-8-18/h3-4,6,12,14H,1-2,5,7-11H2,(H,16,17). The maximum atomic E-state index is 11.1. The lowest BCUT2D eigenvalue weighted by Gasteiger charge is -2.32. The summed E-state index contributed by atoms with van der Waals surface area (Å²) >= 11 is 0. The minimum atomic E-state index is -0.390. The second-order valence-electron chi connectivity index (χ2n) is 5.94. The molecular weight excluding hydrogens is 284 g/mol. The van der Waals surface area contributed by atoms with E-state index >= 15 is 0 Å². The van der Waals surface area contributed by atoms with Crippen molar-refractivity contribution in [2.75, 3.05) is 38.2 Å². The van der Waals surface area contributed by atoms with Gasteiger partial charge < -0.3 is 10.1 Å². The van der Waals surface area contributed by atoms with Gasteiger partial charge in [0.05, 0.1) is 11.5 Å². The first-order valence-corrected chi connectivity index (χ1v) is 7.91. The minimum absolute atomic E-state index is 0.0327. The van der Waals surface area contributed by atoms with Crippen LogP contribution in [0.4, 0.5) is 11.5 Å². The highest BCUT2D eigenvalue weighted by atomic mass is 16.6. The van der Waals surface area contributed by atoms with Crippen LogP contribution in [0.5, 0.6) is 0 Å². The Bertz CT molecular complexity index is 497. The summed E-state index contributed by atoms with van der Waals surface area (Å²) in [5, 5.41) is 14.3. The molecule has 120 valence electrons. The maximum absolute atomic E-state index is 11.1. The van der Waals surface area contributed by atoms with E-state index < -0.39 is 4.92 Å². The van der Waals surface area contributed by atoms with Crippen molar-refractivity contribution in [3.63, 3.8) is 0 Å². The Morgan fingerprint density at radius 3 is 3.00 bits per heavy atom. The summed E-state index contributed by atoms with van der Waals surface area (Å²) in [7, 11) is 0. The van der Waals surface area contributed by atoms with Crippen LogP contribution in [-0.2, 0) is 4.74 Å². The van der Waals surface area contributed by atoms with Crippen molar-refractivity contribution in [3.8, 4) is 0 Å². The normalized spacial score (nSPS) is 23.5. The van der Waals surface area contributed by atoms with Crippen molar-refractivity contribution < 1.29 is 9.66 Å². The highest BCUT2D eigenvalue weighted by Crippen LogP contribution is 2.26. The van der Waals surface area contributed by atoms with E-state index in [9.17, 15) is 10.1 Å². The minimum Gasteiger partial charge on any atom is -0.381 e. The summed E-state index contributed by atoms with van der Waals surface area (Å²) in [6.45, 7) is 4.48. The molecule has 2 unspecified atom stereocenters. The van der Waals surface area contributed by atoms with Gasteiger partial charge >= 0.3 is 5.69 Å². The summed E-state index contributed by atoms with van der Waals surface area (Å²) in [6.07, 6.45) is 5.10. The van der Waals surface area contributed by atoms with Gasteiger partial charge in [0, 0.05) is 37.4 Å². The van der Waals surface area contributed by atoms with Gasteiger partial charge in [-0.3, -0.25) is 15.0 Å². The first-order chi connectivity index (χ1) is 10.8. The average molecular weight is 306 g/mol. The molecule has 1 N–H and O–H groups in total. The van der Waals surface area contributed by atoms with Crippen LogP contribution in [0.3, 0.4) is 0 Å². The van der Waals surface area contributed by atoms with Gasteiger partial charge in [0.2, 0.25) is 5.82 Å². The van der Waals surface area contributed by atoms with Crippen LogP contribution in [-0.4, -0.2) is 53.7 Å². The Hall–Kier alpha value is -1.73. The molecule has 0 radical (unpaired) electrons. The third kappa shape index (κ3) is 3.36. The highest BCUT2D eigenvalue weighted by molar-refractivity contribution is 5.55. The SMILES string of the molecule is O=[N+]([O-])c1cccnc1NCC(C1CCOC1)N1CCCC1. The maximum Gasteiger partial charge on any atom is 0.311 e. The van der Waals surface area contributed by atoms with Crippen LogP contribution in [0.2, 0.25) is 0 Å². The third-order valence-electron chi connectivity index (χ3n) is 4.58. The first kappa shape index (κ1) is 15.2. The van der Waals surface area contributed by atoms with Crippen LogP contribution in [0.25, 0.3) is 0 Å². The van der Waals surface area contributed by atoms with E-state index in [2.05, 4.69) is 15.2 Å². The molecule has 7 heteroatoms. The largest absolute Gasteiger partial charge is 0.381 e. The van der Waals surface area contributed by atoms with Crippen molar-refractivity contribution in [2.24, 2.45) is 5.92 Å². The molecule has 0 spiro atoms. The molecule has 0 aromatic carbocycles. The monoisotopic (exact) mass is 306 g/mol. The van der Waals surface area contributed by atoms with Crippen LogP contribution < -0.4 is 5.32 Å². The topological polar surface area (TPSA) is 80.5 Å². The predicted octanol–water partition coefficient (Wildman–Crippen LogP) is 1.90. The summed E-state index contributed by atoms with van der Waals surface area (Å²) in [6, 6.07) is 3.43. The van der Waals surface area contributed by atoms with Crippen molar-refractivity contribution in [1.29, 1.82) is 0 Å². The van der Waals surface area contributed by atoms with E-state index in [1.165, 1.54) is 18.9 Å². The molecule has 22 heavy (non-hydrogen) atoms. The number of nitrogens with zero attached hydrogens (tertiary/aromatic N) is 3. The van der Waals surface area contributed by atoms with Gasteiger partial charge in [-0.25, -0.2) is 4.98 Å². The van der Waals surface area contributed by atoms with Gasteiger partial charge in [0.15, 0.2) is 0 Å². The fourth-order valence-electron chi connectivity index (χ4n) is 3.40. The molecule has 0 amide bonds. The lowest BCUT2D eigenvalue weighted by molar-refractivity contribution is -0.384. The molecule has 2 atom stereocenters. The Labute approximate surface area is 129 Å². The molecule has 1 aromatic heterocycles. The zero-order valence-electron chi connectivity index (χ0n) is 12.6. The summed E-state index contributed by atoms with van der Waals surface area (Å²) in [5.41, 5.74) is 0.0327. The Morgan fingerprint density at radius 1 is 1.50 bits per heavy atom. The Balaban J connectivity index is 1.69. The molecule has 0 saturated carbocycles. The van der Waals surface area contributed by atoms with Crippen LogP contribution in [0.15, 0.2) is 18.3 Å². The number of nitro groups is 1. The van der Waals surface area contributed by atoms with Gasteiger partial charge in [0.1, 0.15) is 0 Å². The summed E-state index contributed by atoms with van der Waals surface area (Å²) in [4.78, 5) is 17.3. The van der Waals surface area contributed by atoms with Gasteiger partial charge in [0.25, 0.3) is 0 Å². The van der Waals surface area contributed by atoms with Crippen molar-refractivity contribution >= 4 is 11.5 Å². The number of ether oxygens (including phenoxy) is 1. The zero-order chi connectivity index (χ0) is 15.4. The molecule has 3 rings (SSSR count). The van der Waals surface area contributed by atoms with E-state index in [1.807, 2.05) is 0 Å². The van der Waals surface area contributed by atoms with E-state index in [0.29, 0.717) is 24.3 Å². The molecule has 0 bridgehead atoms. The fraction of sp³-hybridized carbons (Fsp3) is 0.667. The van der Waals surface area contributed by atoms with Crippen molar-refractivity contribution in [1.82, 2.24) is 9.88 Å². The number of likely N-dealkylation sites (tertiary alicyclic amines) is 1. The quantitative estimate of drug-likeness (QED) is 0.638. The average Bonchev–Trinajstić information content (AvgIpc) is 3.21. The summed E-state index contributed by atoms with van der Waals surface area (Å²) < 4.78 is 5.53. The second kappa shape index (κ2) is 7.02. The van der Waals surface area contributed by atoms with Crippen molar-refractivity contribution in [3.05, 3.63) is 28.4 Å². The third-order valence-corrected chi connectivity index (χ3v) is 4.58. The molecule has 1 aromatic rings. The number of rotatable bonds is 6. The Morgan fingerprint density at radius 2 is 2.32 bits per heavy atom. The van der Waals surface area contributed by atoms with Crippen LogP contribution >= 0.6 is 0 Å². The van der Waals surface area contributed by atoms with E-state index in [-0.39, 0.29) is 5.69 Å². The number of hydrogen-bond acceptors (Lipinski definition) is 6. The lowest BCUT2D eigenvalue weighted by Crippen LogP contribution is -2.44. The summed E-state index contributed by atoms with van der Waals surface area (Å²) in [5.74, 6) is 0.851. The van der Waals surface area contributed by atoms with Gasteiger partial charge in [-0.2, -0.15) is 0 Å². The van der Waals surface area contributed by atoms with Crippen molar-refractivity contribution in [2.45, 2.75) is 25.3 Å². The van der Waals surface area contributed by atoms with Gasteiger partial charge in [-0.05, 0) is 38.4 Å². The van der Waals surface area contributed by atoms with Gasteiger partial charge in [-0.1, -0.05) is 0 Å². The van der Waals surface area contributed by atoms with Crippen LogP contribution in [0.1, 0.15) is 19.3 Å². The molecule has 3 heterocycles. The molecule has 7 nitrogen and oxygen atoms in total. The number of anilines is 1. The zero-order valence-corrected chi connectivity index (χ0v) is 12.6. The van der Waals surface area contributed by atoms with Gasteiger partial charge in [-0.15, -0.1) is 0 Å². The second-order valence-corrected chi connectivity index (χ2v) is 5.94. The molecule has 2 aliphatic heterocycles. The van der Waals surface area contributed by atoms with E-state index in [4.69, 9.17) is 4.74 Å².